The number of hydrogen-bond acceptors (Lipinski definition) is 5. The van der Waals surface area contributed by atoms with Gasteiger partial charge in [-0.2, -0.15) is 65.9 Å². The summed E-state index contributed by atoms with van der Waals surface area (Å²) in [5.41, 5.74) is 0. The Morgan fingerprint density at radius 2 is 1.13 bits per heavy atom. The molecule has 0 spiro atoms. The summed E-state index contributed by atoms with van der Waals surface area (Å²) < 4.78 is 205. The Kier molecular flexibility index (Phi) is 5.83. The summed E-state index contributed by atoms with van der Waals surface area (Å²) in [6.45, 7) is 0. The van der Waals surface area contributed by atoms with Crippen molar-refractivity contribution in [3.05, 3.63) is 0 Å². The van der Waals surface area contributed by atoms with Gasteiger partial charge in [0.15, 0.2) is 0 Å². The van der Waals surface area contributed by atoms with Crippen LogP contribution in [0.1, 0.15) is 0 Å². The van der Waals surface area contributed by atoms with Crippen molar-refractivity contribution in [2.45, 2.75) is 48.2 Å². The van der Waals surface area contributed by atoms with Crippen LogP contribution in [0.3, 0.4) is 0 Å². The zero-order valence-electron chi connectivity index (χ0n) is 13.2. The highest BCUT2D eigenvalue weighted by Crippen LogP contribution is 2.62. The number of hydrogen-bond donors (Lipinski definition) is 0. The van der Waals surface area contributed by atoms with E-state index in [0.717, 1.165) is 0 Å². The van der Waals surface area contributed by atoms with E-state index in [1.807, 2.05) is 9.47 Å². The summed E-state index contributed by atoms with van der Waals surface area (Å²) in [4.78, 5) is 10.9. The zero-order valence-corrected chi connectivity index (χ0v) is 13.2. The Balaban J connectivity index is 3.84. The van der Waals surface area contributed by atoms with E-state index < -0.39 is 54.2 Å². The largest absolute Gasteiger partial charge is 0.465 e. The van der Waals surface area contributed by atoms with Crippen molar-refractivity contribution in [3.8, 4) is 0 Å². The van der Waals surface area contributed by atoms with Crippen LogP contribution < -0.4 is 0 Å². The van der Waals surface area contributed by atoms with Gasteiger partial charge in [0.25, 0.3) is 0 Å². The van der Waals surface area contributed by atoms with Gasteiger partial charge in [0.05, 0.1) is 7.11 Å². The molecule has 0 aromatic heterocycles. The molecule has 0 aliphatic carbocycles. The van der Waals surface area contributed by atoms with Gasteiger partial charge in [0, 0.05) is 0 Å². The average molecular weight is 488 g/mol. The smallest absolute Gasteiger partial charge is 0.460 e. The minimum atomic E-state index is -7.44. The minimum absolute atomic E-state index is 0.162. The van der Waals surface area contributed by atoms with Crippen LogP contribution in [-0.4, -0.2) is 61.3 Å². The molecule has 5 nitrogen and oxygen atoms in total. The van der Waals surface area contributed by atoms with Crippen molar-refractivity contribution in [2.24, 2.45) is 0 Å². The SMILES string of the molecule is COC(=O)C(F)(OC1(F)OC(F)(C(F)(F)F)C(F)(F)OC1(F)C(F)(F)F)C(F)(F)F. The first-order valence-corrected chi connectivity index (χ1v) is 6.38. The molecular weight excluding hydrogens is 485 g/mol. The molecule has 4 atom stereocenters. The predicted octanol–water partition coefficient (Wildman–Crippen LogP) is 4.12. The lowest BCUT2D eigenvalue weighted by Crippen LogP contribution is -2.78. The molecule has 1 aliphatic heterocycles. The standard InChI is InChI=1S/C10H3F15O5/c1-27-2(26)3(11,6(14,15)16)28-10(25)5(13,8(20,21)22)29-9(23,24)4(12,30-10)7(17,18)19/h1H3. The summed E-state index contributed by atoms with van der Waals surface area (Å²) in [5, 5.41) is 0. The average Bonchev–Trinajstić information content (AvgIpc) is 2.48. The topological polar surface area (TPSA) is 54.0 Å². The lowest BCUT2D eigenvalue weighted by Gasteiger charge is -2.50. The molecule has 0 aromatic carbocycles. The fourth-order valence-corrected chi connectivity index (χ4v) is 1.67. The molecule has 1 saturated heterocycles. The lowest BCUT2D eigenvalue weighted by molar-refractivity contribution is -0.645. The molecule has 178 valence electrons. The molecule has 20 heteroatoms. The first-order valence-electron chi connectivity index (χ1n) is 6.38. The van der Waals surface area contributed by atoms with E-state index in [0.29, 0.717) is 0 Å². The van der Waals surface area contributed by atoms with Crippen LogP contribution in [0.25, 0.3) is 0 Å². The van der Waals surface area contributed by atoms with Crippen LogP contribution in [0, 0.1) is 0 Å². The maximum absolute atomic E-state index is 14.3. The Hall–Kier alpha value is -1.70. The normalized spacial score (nSPS) is 34.9. The molecule has 0 aromatic rings. The van der Waals surface area contributed by atoms with Crippen molar-refractivity contribution in [2.75, 3.05) is 7.11 Å². The second-order valence-corrected chi connectivity index (χ2v) is 5.13. The molecule has 1 rings (SSSR count). The first kappa shape index (κ1) is 26.3. The molecule has 0 radical (unpaired) electrons. The summed E-state index contributed by atoms with van der Waals surface area (Å²) in [6, 6.07) is -7.20. The number of carbonyl (C=O) groups excluding carboxylic acids is 1. The fraction of sp³-hybridized carbons (Fsp3) is 0.900. The third kappa shape index (κ3) is 3.51. The number of carbonyl (C=O) groups is 1. The van der Waals surface area contributed by atoms with Gasteiger partial charge in [-0.3, -0.25) is 14.2 Å². The van der Waals surface area contributed by atoms with Gasteiger partial charge in [0.2, 0.25) is 0 Å². The van der Waals surface area contributed by atoms with Crippen molar-refractivity contribution >= 4 is 5.97 Å². The third-order valence-electron chi connectivity index (χ3n) is 3.11. The van der Waals surface area contributed by atoms with Crippen molar-refractivity contribution in [1.82, 2.24) is 0 Å². The van der Waals surface area contributed by atoms with Crippen molar-refractivity contribution in [1.29, 1.82) is 0 Å². The van der Waals surface area contributed by atoms with Gasteiger partial charge < -0.3 is 4.74 Å². The lowest BCUT2D eigenvalue weighted by atomic mass is 10.1. The second-order valence-electron chi connectivity index (χ2n) is 5.13. The van der Waals surface area contributed by atoms with Crippen LogP contribution >= 0.6 is 0 Å². The van der Waals surface area contributed by atoms with Gasteiger partial charge in [0.1, 0.15) is 0 Å². The van der Waals surface area contributed by atoms with Gasteiger partial charge in [-0.15, -0.1) is 0 Å². The van der Waals surface area contributed by atoms with Gasteiger partial charge in [-0.05, 0) is 0 Å². The molecule has 1 aliphatic rings. The summed E-state index contributed by atoms with van der Waals surface area (Å²) in [5.74, 6) is -24.7. The molecule has 1 fully saturated rings. The van der Waals surface area contributed by atoms with E-state index in [-0.39, 0.29) is 7.11 Å². The van der Waals surface area contributed by atoms with Crippen LogP contribution in [0.15, 0.2) is 0 Å². The summed E-state index contributed by atoms with van der Waals surface area (Å²) >= 11 is 0. The number of alkyl halides is 15. The molecule has 0 amide bonds. The molecule has 0 saturated carbocycles. The predicted molar refractivity (Wildman–Crippen MR) is 53.7 cm³/mol. The Labute approximate surface area is 152 Å². The number of halogens is 15. The van der Waals surface area contributed by atoms with E-state index in [1.54, 1.807) is 0 Å². The van der Waals surface area contributed by atoms with E-state index in [2.05, 4.69) is 9.47 Å². The van der Waals surface area contributed by atoms with Crippen LogP contribution in [0.2, 0.25) is 0 Å². The molecule has 0 bridgehead atoms. The summed E-state index contributed by atoms with van der Waals surface area (Å²) in [6.07, 6.45) is -29.0. The van der Waals surface area contributed by atoms with Crippen LogP contribution in [0.4, 0.5) is 65.9 Å². The molecule has 0 N–H and O–H groups in total. The highest BCUT2D eigenvalue weighted by atomic mass is 19.4. The van der Waals surface area contributed by atoms with Gasteiger partial charge in [-0.1, -0.05) is 0 Å². The first-order chi connectivity index (χ1) is 12.9. The zero-order chi connectivity index (χ0) is 24.4. The molecule has 1 heterocycles. The Morgan fingerprint density at radius 3 is 1.43 bits per heavy atom. The quantitative estimate of drug-likeness (QED) is 0.442. The van der Waals surface area contributed by atoms with Crippen molar-refractivity contribution < 1.29 is 89.6 Å². The van der Waals surface area contributed by atoms with Crippen molar-refractivity contribution in [3.63, 3.8) is 0 Å². The number of esters is 1. The third-order valence-corrected chi connectivity index (χ3v) is 3.11. The number of ether oxygens (including phenoxy) is 4. The van der Waals surface area contributed by atoms with Crippen LogP contribution in [0.5, 0.6) is 0 Å². The maximum atomic E-state index is 14.3. The van der Waals surface area contributed by atoms with Gasteiger partial charge >= 0.3 is 54.2 Å². The maximum Gasteiger partial charge on any atom is 0.460 e. The highest BCUT2D eigenvalue weighted by molar-refractivity contribution is 5.78. The van der Waals surface area contributed by atoms with E-state index in [4.69, 9.17) is 0 Å². The molecule has 30 heavy (non-hydrogen) atoms. The van der Waals surface area contributed by atoms with E-state index >= 15 is 0 Å². The summed E-state index contributed by atoms with van der Waals surface area (Å²) in [7, 11) is -0.162. The van der Waals surface area contributed by atoms with Crippen LogP contribution in [-0.2, 0) is 23.7 Å². The number of methoxy groups -OCH3 is 1. The minimum Gasteiger partial charge on any atom is -0.465 e. The monoisotopic (exact) mass is 488 g/mol. The second kappa shape index (κ2) is 6.65. The van der Waals surface area contributed by atoms with E-state index in [1.165, 1.54) is 0 Å². The highest BCUT2D eigenvalue weighted by Gasteiger charge is 2.92. The van der Waals surface area contributed by atoms with Gasteiger partial charge in [-0.25, -0.2) is 4.79 Å². The Bertz CT molecular complexity index is 687. The Morgan fingerprint density at radius 1 is 0.733 bits per heavy atom. The number of rotatable bonds is 3. The molecular formula is C10H3F15O5. The molecule has 4 unspecified atom stereocenters. The fourth-order valence-electron chi connectivity index (χ4n) is 1.67. The van der Waals surface area contributed by atoms with E-state index in [9.17, 15) is 70.7 Å².